The molecular formula is C16H16NO4-. The van der Waals surface area contributed by atoms with Gasteiger partial charge >= 0.3 is 0 Å². The molecule has 0 aliphatic heterocycles. The highest BCUT2D eigenvalue weighted by Crippen LogP contribution is 2.33. The Labute approximate surface area is 122 Å². The zero-order valence-electron chi connectivity index (χ0n) is 12.0. The summed E-state index contributed by atoms with van der Waals surface area (Å²) in [6, 6.07) is 5.75. The summed E-state index contributed by atoms with van der Waals surface area (Å²) in [6.45, 7) is 3.80. The molecule has 2 rings (SSSR count). The molecule has 110 valence electrons. The second-order valence-electron chi connectivity index (χ2n) is 6.04. The lowest BCUT2D eigenvalue weighted by molar-refractivity contribution is -0.255. The Morgan fingerprint density at radius 1 is 1.19 bits per heavy atom. The smallest absolute Gasteiger partial charge is 0.149 e. The molecule has 0 amide bonds. The van der Waals surface area contributed by atoms with E-state index in [4.69, 9.17) is 0 Å². The molecule has 0 aromatic heterocycles. The molecule has 1 aromatic rings. The summed E-state index contributed by atoms with van der Waals surface area (Å²) in [7, 11) is 0. The van der Waals surface area contributed by atoms with Crippen LogP contribution < -0.4 is 5.11 Å². The number of carbonyl (C=O) groups excluding carboxylic acids is 3. The van der Waals surface area contributed by atoms with Gasteiger partial charge in [-0.1, -0.05) is 26.0 Å². The first-order valence-electron chi connectivity index (χ1n) is 6.69. The van der Waals surface area contributed by atoms with Crippen molar-refractivity contribution >= 4 is 29.4 Å². The van der Waals surface area contributed by atoms with Crippen molar-refractivity contribution in [2.24, 2.45) is 16.3 Å². The van der Waals surface area contributed by atoms with Crippen molar-refractivity contribution in [3.05, 3.63) is 29.8 Å². The van der Waals surface area contributed by atoms with Crippen molar-refractivity contribution in [3.63, 3.8) is 0 Å². The van der Waals surface area contributed by atoms with Gasteiger partial charge in [-0.15, -0.1) is 0 Å². The number of Topliss-reactive ketones (excluding diaryl/α,β-unsaturated/α-hetero) is 2. The first kappa shape index (κ1) is 15.1. The third kappa shape index (κ3) is 3.62. The molecule has 1 aliphatic carbocycles. The SMILES string of the molecule is CC1(C)CC(=O)C(C=Nc2ccc(C(=O)[O-])cc2)C(=O)C1. The second-order valence-corrected chi connectivity index (χ2v) is 6.04. The van der Waals surface area contributed by atoms with E-state index >= 15 is 0 Å². The lowest BCUT2D eigenvalue weighted by Gasteiger charge is -2.30. The fraction of sp³-hybridized carbons (Fsp3) is 0.375. The van der Waals surface area contributed by atoms with Crippen LogP contribution in [0.1, 0.15) is 37.0 Å². The predicted octanol–water partition coefficient (Wildman–Crippen LogP) is 1.33. The lowest BCUT2D eigenvalue weighted by Crippen LogP contribution is -2.38. The average molecular weight is 286 g/mol. The highest BCUT2D eigenvalue weighted by molar-refractivity contribution is 6.16. The molecule has 1 aliphatic rings. The summed E-state index contributed by atoms with van der Waals surface area (Å²) < 4.78 is 0. The third-order valence-corrected chi connectivity index (χ3v) is 3.48. The Morgan fingerprint density at radius 2 is 1.71 bits per heavy atom. The summed E-state index contributed by atoms with van der Waals surface area (Å²) in [5, 5.41) is 10.6. The van der Waals surface area contributed by atoms with Crippen LogP contribution in [0.3, 0.4) is 0 Å². The number of hydrogen-bond acceptors (Lipinski definition) is 5. The molecule has 0 unspecified atom stereocenters. The van der Waals surface area contributed by atoms with Gasteiger partial charge in [0, 0.05) is 19.1 Å². The van der Waals surface area contributed by atoms with Crippen molar-refractivity contribution in [2.75, 3.05) is 0 Å². The summed E-state index contributed by atoms with van der Waals surface area (Å²) in [5.74, 6) is -2.29. The van der Waals surface area contributed by atoms with Gasteiger partial charge in [0.15, 0.2) is 0 Å². The monoisotopic (exact) mass is 286 g/mol. The van der Waals surface area contributed by atoms with Crippen LogP contribution in [0.4, 0.5) is 5.69 Å². The normalized spacial score (nSPS) is 19.1. The number of aliphatic imine (C=N–C) groups is 1. The Morgan fingerprint density at radius 3 is 2.19 bits per heavy atom. The molecule has 21 heavy (non-hydrogen) atoms. The van der Waals surface area contributed by atoms with Crippen molar-refractivity contribution in [3.8, 4) is 0 Å². The maximum absolute atomic E-state index is 12.0. The number of rotatable bonds is 3. The molecule has 0 spiro atoms. The highest BCUT2D eigenvalue weighted by atomic mass is 16.4. The second kappa shape index (κ2) is 5.60. The van der Waals surface area contributed by atoms with Crippen molar-refractivity contribution in [2.45, 2.75) is 26.7 Å². The van der Waals surface area contributed by atoms with E-state index in [9.17, 15) is 19.5 Å². The Hall–Kier alpha value is -2.30. The first-order valence-corrected chi connectivity index (χ1v) is 6.69. The number of carboxylic acid groups (broad SMARTS) is 1. The van der Waals surface area contributed by atoms with E-state index in [0.717, 1.165) is 0 Å². The largest absolute Gasteiger partial charge is 0.545 e. The minimum Gasteiger partial charge on any atom is -0.545 e. The fourth-order valence-corrected chi connectivity index (χ4v) is 2.42. The van der Waals surface area contributed by atoms with Gasteiger partial charge in [-0.3, -0.25) is 14.6 Å². The fourth-order valence-electron chi connectivity index (χ4n) is 2.42. The van der Waals surface area contributed by atoms with Gasteiger partial charge < -0.3 is 9.90 Å². The summed E-state index contributed by atoms with van der Waals surface area (Å²) in [4.78, 5) is 38.7. The van der Waals surface area contributed by atoms with Gasteiger partial charge in [-0.05, 0) is 23.1 Å². The highest BCUT2D eigenvalue weighted by Gasteiger charge is 2.38. The van der Waals surface area contributed by atoms with Gasteiger partial charge in [0.1, 0.15) is 17.5 Å². The van der Waals surface area contributed by atoms with Crippen LogP contribution in [0.2, 0.25) is 0 Å². The minimum absolute atomic E-state index is 0.0560. The van der Waals surface area contributed by atoms with Gasteiger partial charge in [-0.25, -0.2) is 0 Å². The van der Waals surface area contributed by atoms with E-state index in [2.05, 4.69) is 4.99 Å². The number of nitrogens with zero attached hydrogens (tertiary/aromatic N) is 1. The van der Waals surface area contributed by atoms with E-state index in [1.165, 1.54) is 30.5 Å². The summed E-state index contributed by atoms with van der Waals surface area (Å²) >= 11 is 0. The van der Waals surface area contributed by atoms with Gasteiger partial charge in [0.25, 0.3) is 0 Å². The van der Waals surface area contributed by atoms with Crippen LogP contribution in [-0.4, -0.2) is 23.8 Å². The van der Waals surface area contributed by atoms with E-state index in [1.54, 1.807) is 0 Å². The molecule has 1 aromatic carbocycles. The number of aromatic carboxylic acids is 1. The summed E-state index contributed by atoms with van der Waals surface area (Å²) in [6.07, 6.45) is 2.08. The van der Waals surface area contributed by atoms with Crippen LogP contribution in [0.5, 0.6) is 0 Å². The summed E-state index contributed by atoms with van der Waals surface area (Å²) in [5.41, 5.74) is 0.264. The molecule has 0 N–H and O–H groups in total. The Bertz CT molecular complexity index is 594. The zero-order valence-corrected chi connectivity index (χ0v) is 12.0. The topological polar surface area (TPSA) is 86.6 Å². The molecule has 0 radical (unpaired) electrons. The van der Waals surface area contributed by atoms with Crippen LogP contribution in [0.25, 0.3) is 0 Å². The number of benzene rings is 1. The third-order valence-electron chi connectivity index (χ3n) is 3.48. The number of carbonyl (C=O) groups is 3. The Balaban J connectivity index is 2.12. The van der Waals surface area contributed by atoms with E-state index in [1.807, 2.05) is 13.8 Å². The van der Waals surface area contributed by atoms with Crippen LogP contribution in [-0.2, 0) is 9.59 Å². The van der Waals surface area contributed by atoms with E-state index < -0.39 is 11.9 Å². The van der Waals surface area contributed by atoms with Crippen LogP contribution in [0, 0.1) is 11.3 Å². The molecule has 0 atom stereocenters. The molecular weight excluding hydrogens is 270 g/mol. The molecule has 5 nitrogen and oxygen atoms in total. The maximum Gasteiger partial charge on any atom is 0.149 e. The quantitative estimate of drug-likeness (QED) is 0.619. The molecule has 1 fully saturated rings. The van der Waals surface area contributed by atoms with E-state index in [-0.39, 0.29) is 22.5 Å². The number of hydrogen-bond donors (Lipinski definition) is 0. The maximum atomic E-state index is 12.0. The molecule has 0 heterocycles. The molecule has 0 saturated heterocycles. The van der Waals surface area contributed by atoms with Gasteiger partial charge in [0.2, 0.25) is 0 Å². The van der Waals surface area contributed by atoms with Crippen molar-refractivity contribution < 1.29 is 19.5 Å². The standard InChI is InChI=1S/C16H17NO4/c1-16(2)7-13(18)12(14(19)8-16)9-17-11-5-3-10(4-6-11)15(20)21/h3-6,9,12H,7-8H2,1-2H3,(H,20,21)/p-1. The average Bonchev–Trinajstić information content (AvgIpc) is 2.36. The van der Waals surface area contributed by atoms with Crippen LogP contribution in [0.15, 0.2) is 29.3 Å². The lowest BCUT2D eigenvalue weighted by atomic mass is 9.72. The van der Waals surface area contributed by atoms with Crippen molar-refractivity contribution in [1.29, 1.82) is 0 Å². The van der Waals surface area contributed by atoms with E-state index in [0.29, 0.717) is 18.5 Å². The molecule has 5 heteroatoms. The molecule has 1 saturated carbocycles. The number of carboxylic acids is 1. The zero-order chi connectivity index (χ0) is 15.6. The minimum atomic E-state index is -1.26. The van der Waals surface area contributed by atoms with Gasteiger partial charge in [0.05, 0.1) is 11.7 Å². The first-order chi connectivity index (χ1) is 9.78. The van der Waals surface area contributed by atoms with Crippen LogP contribution >= 0.6 is 0 Å². The molecule has 0 bridgehead atoms. The van der Waals surface area contributed by atoms with Crippen molar-refractivity contribution in [1.82, 2.24) is 0 Å². The number of ketones is 2. The Kier molecular flexibility index (Phi) is 4.02. The van der Waals surface area contributed by atoms with Gasteiger partial charge in [-0.2, -0.15) is 0 Å². The predicted molar refractivity (Wildman–Crippen MR) is 75.4 cm³/mol.